The van der Waals surface area contributed by atoms with E-state index in [1.165, 1.54) is 12.1 Å². The first-order chi connectivity index (χ1) is 9.43. The van der Waals surface area contributed by atoms with E-state index in [9.17, 15) is 4.39 Å². The van der Waals surface area contributed by atoms with Crippen molar-refractivity contribution in [2.24, 2.45) is 0 Å². The molecule has 0 radical (unpaired) electrons. The molecule has 0 saturated carbocycles. The minimum atomic E-state index is -0.333. The van der Waals surface area contributed by atoms with Crippen LogP contribution in [0, 0.1) is 19.7 Å². The molecule has 1 atom stereocenters. The number of hydrogen-bond acceptors (Lipinski definition) is 1. The van der Waals surface area contributed by atoms with E-state index in [0.717, 1.165) is 16.7 Å². The molecule has 2 aromatic rings. The van der Waals surface area contributed by atoms with Crippen LogP contribution in [-0.2, 0) is 0 Å². The van der Waals surface area contributed by atoms with Crippen molar-refractivity contribution in [1.82, 2.24) is 5.32 Å². The lowest BCUT2D eigenvalue weighted by molar-refractivity contribution is 0.576. The average Bonchev–Trinajstić information content (AvgIpc) is 2.40. The van der Waals surface area contributed by atoms with Crippen molar-refractivity contribution in [2.45, 2.75) is 19.9 Å². The lowest BCUT2D eigenvalue weighted by Gasteiger charge is -2.20. The van der Waals surface area contributed by atoms with Crippen LogP contribution in [0.3, 0.4) is 0 Å². The molecule has 1 N–H and O–H groups in total. The van der Waals surface area contributed by atoms with Crippen molar-refractivity contribution in [3.05, 3.63) is 68.4 Å². The van der Waals surface area contributed by atoms with Gasteiger partial charge in [-0.15, -0.1) is 0 Å². The van der Waals surface area contributed by atoms with Gasteiger partial charge in [0.05, 0.1) is 6.04 Å². The Kier molecular flexibility index (Phi) is 4.69. The van der Waals surface area contributed by atoms with Gasteiger partial charge in [0.25, 0.3) is 0 Å². The molecular formula is C16H16Cl2FN. The lowest BCUT2D eigenvalue weighted by Crippen LogP contribution is -2.19. The number of halogens is 3. The van der Waals surface area contributed by atoms with Crippen molar-refractivity contribution >= 4 is 23.2 Å². The van der Waals surface area contributed by atoms with E-state index in [2.05, 4.69) is 5.32 Å². The fraction of sp³-hybridized carbons (Fsp3) is 0.250. The van der Waals surface area contributed by atoms with Crippen molar-refractivity contribution in [2.75, 3.05) is 7.05 Å². The molecule has 4 heteroatoms. The minimum Gasteiger partial charge on any atom is -0.309 e. The van der Waals surface area contributed by atoms with Crippen molar-refractivity contribution < 1.29 is 4.39 Å². The maximum Gasteiger partial charge on any atom is 0.128 e. The summed E-state index contributed by atoms with van der Waals surface area (Å²) in [5.74, 6) is -0.303. The molecule has 0 aromatic heterocycles. The Balaban J connectivity index is 2.58. The molecule has 0 bridgehead atoms. The Hall–Kier alpha value is -1.09. The predicted octanol–water partition coefficient (Wildman–Crippen LogP) is 5.06. The summed E-state index contributed by atoms with van der Waals surface area (Å²) in [7, 11) is 1.77. The SMILES string of the molecule is CNC(c1cc(Cl)ccc1F)c1cc(C)c(C)cc1Cl. The summed E-state index contributed by atoms with van der Waals surface area (Å²) in [6.07, 6.45) is 0. The van der Waals surface area contributed by atoms with Crippen LogP contribution in [-0.4, -0.2) is 7.05 Å². The molecule has 106 valence electrons. The fourth-order valence-corrected chi connectivity index (χ4v) is 2.75. The Bertz CT molecular complexity index is 641. The number of hydrogen-bond donors (Lipinski definition) is 1. The summed E-state index contributed by atoms with van der Waals surface area (Å²) in [4.78, 5) is 0. The predicted molar refractivity (Wildman–Crippen MR) is 83.2 cm³/mol. The van der Waals surface area contributed by atoms with Gasteiger partial charge < -0.3 is 5.32 Å². The summed E-state index contributed by atoms with van der Waals surface area (Å²) >= 11 is 12.3. The van der Waals surface area contributed by atoms with Crippen LogP contribution < -0.4 is 5.32 Å². The van der Waals surface area contributed by atoms with Crippen LogP contribution in [0.15, 0.2) is 30.3 Å². The highest BCUT2D eigenvalue weighted by atomic mass is 35.5. The van der Waals surface area contributed by atoms with Crippen LogP contribution in [0.1, 0.15) is 28.3 Å². The summed E-state index contributed by atoms with van der Waals surface area (Å²) in [5.41, 5.74) is 3.57. The van der Waals surface area contributed by atoms with Gasteiger partial charge in [0.2, 0.25) is 0 Å². The standard InChI is InChI=1S/C16H16Cl2FN/c1-9-6-12(14(18)7-10(9)2)16(20-3)13-8-11(17)4-5-15(13)19/h4-8,16,20H,1-3H3. The van der Waals surface area contributed by atoms with Gasteiger partial charge in [0.15, 0.2) is 0 Å². The zero-order valence-electron chi connectivity index (χ0n) is 11.6. The van der Waals surface area contributed by atoms with Crippen molar-refractivity contribution in [1.29, 1.82) is 0 Å². The molecule has 0 fully saturated rings. The number of aryl methyl sites for hydroxylation is 2. The third-order valence-corrected chi connectivity index (χ3v) is 4.04. The first-order valence-corrected chi connectivity index (χ1v) is 7.08. The van der Waals surface area contributed by atoms with Crippen molar-refractivity contribution in [3.8, 4) is 0 Å². The molecule has 0 spiro atoms. The minimum absolute atomic E-state index is 0.303. The molecule has 0 saturated heterocycles. The van der Waals surface area contributed by atoms with Gasteiger partial charge in [0.1, 0.15) is 5.82 Å². The highest BCUT2D eigenvalue weighted by Gasteiger charge is 2.20. The third kappa shape index (κ3) is 2.98. The Morgan fingerprint density at radius 2 is 1.65 bits per heavy atom. The normalized spacial score (nSPS) is 12.5. The number of rotatable bonds is 3. The van der Waals surface area contributed by atoms with Crippen LogP contribution in [0.4, 0.5) is 4.39 Å². The highest BCUT2D eigenvalue weighted by Crippen LogP contribution is 2.32. The summed E-state index contributed by atoms with van der Waals surface area (Å²) < 4.78 is 14.1. The van der Waals surface area contributed by atoms with E-state index in [-0.39, 0.29) is 11.9 Å². The van der Waals surface area contributed by atoms with Gasteiger partial charge in [-0.25, -0.2) is 4.39 Å². The van der Waals surface area contributed by atoms with Crippen molar-refractivity contribution in [3.63, 3.8) is 0 Å². The van der Waals surface area contributed by atoms with Crippen LogP contribution in [0.2, 0.25) is 10.0 Å². The van der Waals surface area contributed by atoms with E-state index in [4.69, 9.17) is 23.2 Å². The molecule has 2 rings (SSSR count). The van der Waals surface area contributed by atoms with Gasteiger partial charge >= 0.3 is 0 Å². The van der Waals surface area contributed by atoms with E-state index in [1.807, 2.05) is 26.0 Å². The molecule has 0 heterocycles. The molecule has 1 nitrogen and oxygen atoms in total. The largest absolute Gasteiger partial charge is 0.309 e. The second-order valence-electron chi connectivity index (χ2n) is 4.85. The Morgan fingerprint density at radius 1 is 1.00 bits per heavy atom. The van der Waals surface area contributed by atoms with Gasteiger partial charge in [-0.2, -0.15) is 0 Å². The molecule has 2 aromatic carbocycles. The summed E-state index contributed by atoms with van der Waals surface area (Å²) in [5, 5.41) is 4.23. The smallest absolute Gasteiger partial charge is 0.128 e. The molecule has 0 aliphatic rings. The van der Waals surface area contributed by atoms with Gasteiger partial charge in [-0.3, -0.25) is 0 Å². The zero-order valence-corrected chi connectivity index (χ0v) is 13.1. The Morgan fingerprint density at radius 3 is 2.30 bits per heavy atom. The van der Waals surface area contributed by atoms with Crippen LogP contribution in [0.25, 0.3) is 0 Å². The number of nitrogens with one attached hydrogen (secondary N) is 1. The molecule has 0 aliphatic carbocycles. The highest BCUT2D eigenvalue weighted by molar-refractivity contribution is 6.31. The molecule has 0 amide bonds. The van der Waals surface area contributed by atoms with Crippen LogP contribution in [0.5, 0.6) is 0 Å². The molecular weight excluding hydrogens is 296 g/mol. The maximum absolute atomic E-state index is 14.1. The monoisotopic (exact) mass is 311 g/mol. The first-order valence-electron chi connectivity index (χ1n) is 6.33. The molecule has 1 unspecified atom stereocenters. The van der Waals surface area contributed by atoms with E-state index in [1.54, 1.807) is 13.1 Å². The Labute approximate surface area is 128 Å². The zero-order chi connectivity index (χ0) is 14.9. The average molecular weight is 312 g/mol. The molecule has 20 heavy (non-hydrogen) atoms. The first kappa shape index (κ1) is 15.3. The van der Waals surface area contributed by atoms with E-state index >= 15 is 0 Å². The van der Waals surface area contributed by atoms with E-state index < -0.39 is 0 Å². The summed E-state index contributed by atoms with van der Waals surface area (Å²) in [6.45, 7) is 4.01. The fourth-order valence-electron chi connectivity index (χ4n) is 2.24. The lowest BCUT2D eigenvalue weighted by atomic mass is 9.95. The van der Waals surface area contributed by atoms with Gasteiger partial charge in [0, 0.05) is 15.6 Å². The number of benzene rings is 2. The summed E-state index contributed by atoms with van der Waals surface area (Å²) in [6, 6.07) is 8.09. The second kappa shape index (κ2) is 6.13. The van der Waals surface area contributed by atoms with E-state index in [0.29, 0.717) is 15.6 Å². The van der Waals surface area contributed by atoms with Gasteiger partial charge in [-0.05, 0) is 61.9 Å². The topological polar surface area (TPSA) is 12.0 Å². The maximum atomic E-state index is 14.1. The second-order valence-corrected chi connectivity index (χ2v) is 5.69. The quantitative estimate of drug-likeness (QED) is 0.835. The van der Waals surface area contributed by atoms with Crippen LogP contribution >= 0.6 is 23.2 Å². The third-order valence-electron chi connectivity index (χ3n) is 3.48. The molecule has 0 aliphatic heterocycles. The van der Waals surface area contributed by atoms with Gasteiger partial charge in [-0.1, -0.05) is 29.3 Å².